The molecule has 9 heteroatoms. The zero-order chi connectivity index (χ0) is 17.0. The van der Waals surface area contributed by atoms with E-state index in [0.717, 1.165) is 11.3 Å². The third-order valence-corrected chi connectivity index (χ3v) is 4.20. The van der Waals surface area contributed by atoms with Gasteiger partial charge < -0.3 is 10.2 Å². The minimum atomic E-state index is -0.677. The highest BCUT2D eigenvalue weighted by Gasteiger charge is 2.35. The fourth-order valence-corrected chi connectivity index (χ4v) is 2.80. The van der Waals surface area contributed by atoms with Crippen LogP contribution in [-0.4, -0.2) is 40.1 Å². The van der Waals surface area contributed by atoms with Gasteiger partial charge in [0.1, 0.15) is 5.92 Å². The molecule has 0 saturated carbocycles. The number of carbonyl (C=O) groups excluding carboxylic acids is 2. The van der Waals surface area contributed by atoms with E-state index in [1.165, 1.54) is 11.0 Å². The number of nitrogens with one attached hydrogen (secondary N) is 1. The van der Waals surface area contributed by atoms with Crippen LogP contribution in [0.2, 0.25) is 5.15 Å². The van der Waals surface area contributed by atoms with Crippen LogP contribution < -0.4 is 5.32 Å². The lowest BCUT2D eigenvalue weighted by atomic mass is 10.1. The second-order valence-electron chi connectivity index (χ2n) is 5.01. The lowest BCUT2D eigenvalue weighted by Gasteiger charge is -2.10. The molecular weight excluding hydrogens is 343 g/mol. The Hall–Kier alpha value is -1.93. The summed E-state index contributed by atoms with van der Waals surface area (Å²) in [5, 5.41) is 7.88. The van der Waals surface area contributed by atoms with Crippen molar-refractivity contribution in [2.24, 2.45) is 13.0 Å². The van der Waals surface area contributed by atoms with Gasteiger partial charge in [-0.05, 0) is 23.9 Å². The summed E-state index contributed by atoms with van der Waals surface area (Å²) in [4.78, 5) is 24.7. The van der Waals surface area contributed by atoms with Gasteiger partial charge in [0.25, 0.3) is 0 Å². The molecule has 0 aromatic carbocycles. The minimum Gasteiger partial charge on any atom is -0.345 e. The number of hydrogen-bond acceptors (Lipinski definition) is 4. The average molecular weight is 359 g/mol. The van der Waals surface area contributed by atoms with Crippen molar-refractivity contribution in [1.82, 2.24) is 14.7 Å². The second kappa shape index (κ2) is 7.56. The molecule has 6 nitrogen and oxygen atoms in total. The number of halogens is 2. The molecule has 0 spiro atoms. The standard InChI is InChI=1S/C10H11FN2O2S.C4H5ClN2/c1-13-4-2-6(10(13)15)9(14)12-7-3-5-16-8(7)11;1-7-3-2-4(5)6-7/h3,5-6H,2,4H2,1H3,(H,12,14);2-3H,1H3. The lowest BCUT2D eigenvalue weighted by Crippen LogP contribution is -2.30. The van der Waals surface area contributed by atoms with Crippen molar-refractivity contribution >= 4 is 40.4 Å². The highest BCUT2D eigenvalue weighted by molar-refractivity contribution is 7.08. The Balaban J connectivity index is 0.000000229. The molecule has 1 N–H and O–H groups in total. The first kappa shape index (κ1) is 17.4. The number of likely N-dealkylation sites (tertiary alicyclic amines) is 1. The van der Waals surface area contributed by atoms with Gasteiger partial charge in [-0.1, -0.05) is 11.6 Å². The van der Waals surface area contributed by atoms with E-state index in [1.807, 2.05) is 7.05 Å². The molecule has 0 radical (unpaired) electrons. The summed E-state index contributed by atoms with van der Waals surface area (Å²) in [6.07, 6.45) is 2.29. The van der Waals surface area contributed by atoms with Gasteiger partial charge in [-0.15, -0.1) is 11.3 Å². The van der Waals surface area contributed by atoms with E-state index in [4.69, 9.17) is 11.6 Å². The molecule has 2 amide bonds. The minimum absolute atomic E-state index is 0.150. The van der Waals surface area contributed by atoms with E-state index in [-0.39, 0.29) is 11.6 Å². The van der Waals surface area contributed by atoms with E-state index in [1.54, 1.807) is 29.4 Å². The maximum absolute atomic E-state index is 13.1. The van der Waals surface area contributed by atoms with Crippen molar-refractivity contribution in [2.45, 2.75) is 6.42 Å². The quantitative estimate of drug-likeness (QED) is 0.838. The molecule has 23 heavy (non-hydrogen) atoms. The highest BCUT2D eigenvalue weighted by atomic mass is 35.5. The fraction of sp³-hybridized carbons (Fsp3) is 0.357. The number of rotatable bonds is 2. The molecule has 1 unspecified atom stereocenters. The predicted octanol–water partition coefficient (Wildman–Crippen LogP) is 2.38. The molecule has 124 valence electrons. The second-order valence-corrected chi connectivity index (χ2v) is 6.26. The van der Waals surface area contributed by atoms with Crippen LogP contribution in [0.15, 0.2) is 23.7 Å². The molecule has 0 aliphatic carbocycles. The van der Waals surface area contributed by atoms with Crippen LogP contribution in [0.5, 0.6) is 0 Å². The first-order chi connectivity index (χ1) is 10.9. The van der Waals surface area contributed by atoms with Crippen molar-refractivity contribution in [2.75, 3.05) is 18.9 Å². The molecule has 1 saturated heterocycles. The summed E-state index contributed by atoms with van der Waals surface area (Å²) < 4.78 is 14.7. The lowest BCUT2D eigenvalue weighted by molar-refractivity contribution is -0.134. The normalized spacial score (nSPS) is 17.0. The van der Waals surface area contributed by atoms with Gasteiger partial charge in [0.2, 0.25) is 11.8 Å². The van der Waals surface area contributed by atoms with Crippen molar-refractivity contribution < 1.29 is 14.0 Å². The monoisotopic (exact) mass is 358 g/mol. The summed E-state index contributed by atoms with van der Waals surface area (Å²) in [7, 11) is 3.48. The predicted molar refractivity (Wildman–Crippen MR) is 86.9 cm³/mol. The summed E-state index contributed by atoms with van der Waals surface area (Å²) in [6, 6.07) is 3.22. The van der Waals surface area contributed by atoms with Crippen LogP contribution in [-0.2, 0) is 16.6 Å². The Morgan fingerprint density at radius 1 is 1.48 bits per heavy atom. The van der Waals surface area contributed by atoms with E-state index >= 15 is 0 Å². The van der Waals surface area contributed by atoms with Gasteiger partial charge >= 0.3 is 0 Å². The Bertz CT molecular complexity index is 686. The number of hydrogen-bond donors (Lipinski definition) is 1. The van der Waals surface area contributed by atoms with Gasteiger partial charge in [-0.25, -0.2) is 0 Å². The fourth-order valence-electron chi connectivity index (χ4n) is 2.05. The highest BCUT2D eigenvalue weighted by Crippen LogP contribution is 2.23. The SMILES string of the molecule is CN1CCC(C(=O)Nc2ccsc2F)C1=O.Cn1ccc(Cl)n1. The Kier molecular flexibility index (Phi) is 5.73. The number of nitrogens with zero attached hydrogens (tertiary/aromatic N) is 3. The maximum atomic E-state index is 13.1. The summed E-state index contributed by atoms with van der Waals surface area (Å²) in [5.74, 6) is -1.30. The van der Waals surface area contributed by atoms with E-state index in [0.29, 0.717) is 18.1 Å². The smallest absolute Gasteiger partial charge is 0.237 e. The van der Waals surface area contributed by atoms with Crippen molar-refractivity contribution in [3.63, 3.8) is 0 Å². The van der Waals surface area contributed by atoms with Crippen LogP contribution >= 0.6 is 22.9 Å². The van der Waals surface area contributed by atoms with Gasteiger partial charge in [0.05, 0.1) is 5.69 Å². The maximum Gasteiger partial charge on any atom is 0.237 e. The molecule has 1 aliphatic rings. The van der Waals surface area contributed by atoms with Crippen LogP contribution in [0.25, 0.3) is 0 Å². The van der Waals surface area contributed by atoms with Crippen LogP contribution in [0.1, 0.15) is 6.42 Å². The number of anilines is 1. The molecule has 2 aromatic heterocycles. The Morgan fingerprint density at radius 3 is 2.61 bits per heavy atom. The Labute approximate surface area is 141 Å². The molecule has 1 aliphatic heterocycles. The molecule has 1 fully saturated rings. The molecular formula is C14H16ClFN4O2S. The third-order valence-electron chi connectivity index (χ3n) is 3.30. The zero-order valence-electron chi connectivity index (χ0n) is 12.6. The summed E-state index contributed by atoms with van der Waals surface area (Å²) in [5.41, 5.74) is 0.150. The molecule has 3 rings (SSSR count). The van der Waals surface area contributed by atoms with Crippen molar-refractivity contribution in [1.29, 1.82) is 0 Å². The number of aromatic nitrogens is 2. The van der Waals surface area contributed by atoms with Crippen molar-refractivity contribution in [3.8, 4) is 0 Å². The third kappa shape index (κ3) is 4.52. The zero-order valence-corrected chi connectivity index (χ0v) is 14.2. The molecule has 1 atom stereocenters. The summed E-state index contributed by atoms with van der Waals surface area (Å²) in [6.45, 7) is 0.572. The molecule has 3 heterocycles. The summed E-state index contributed by atoms with van der Waals surface area (Å²) >= 11 is 6.34. The van der Waals surface area contributed by atoms with Crippen LogP contribution in [0.4, 0.5) is 10.1 Å². The van der Waals surface area contributed by atoms with Gasteiger partial charge in [0, 0.05) is 26.8 Å². The first-order valence-corrected chi connectivity index (χ1v) is 8.08. The average Bonchev–Trinajstić information content (AvgIpc) is 3.16. The van der Waals surface area contributed by atoms with Crippen LogP contribution in [0, 0.1) is 11.0 Å². The largest absolute Gasteiger partial charge is 0.345 e. The van der Waals surface area contributed by atoms with Gasteiger partial charge in [-0.3, -0.25) is 14.3 Å². The Morgan fingerprint density at radius 2 is 2.22 bits per heavy atom. The topological polar surface area (TPSA) is 67.2 Å². The number of carbonyl (C=O) groups is 2. The van der Waals surface area contributed by atoms with Crippen LogP contribution in [0.3, 0.4) is 0 Å². The number of amides is 2. The van der Waals surface area contributed by atoms with Gasteiger partial charge in [0.15, 0.2) is 10.3 Å². The van der Waals surface area contributed by atoms with Gasteiger partial charge in [-0.2, -0.15) is 9.49 Å². The number of aryl methyl sites for hydroxylation is 1. The molecule has 2 aromatic rings. The van der Waals surface area contributed by atoms with Crippen molar-refractivity contribution in [3.05, 3.63) is 34.0 Å². The first-order valence-electron chi connectivity index (χ1n) is 6.82. The number of thiophene rings is 1. The van der Waals surface area contributed by atoms with E-state index < -0.39 is 17.0 Å². The molecule has 0 bridgehead atoms. The van der Waals surface area contributed by atoms with E-state index in [2.05, 4.69) is 10.4 Å². The van der Waals surface area contributed by atoms with E-state index in [9.17, 15) is 14.0 Å².